The van der Waals surface area contributed by atoms with Crippen molar-refractivity contribution in [3.8, 4) is 5.75 Å². The van der Waals surface area contributed by atoms with E-state index in [0.717, 1.165) is 0 Å². The van der Waals surface area contributed by atoms with E-state index in [1.807, 2.05) is 5.38 Å². The molecule has 1 unspecified atom stereocenters. The normalized spacial score (nSPS) is 16.3. The smallest absolute Gasteiger partial charge is 0.271 e. The van der Waals surface area contributed by atoms with E-state index in [4.69, 9.17) is 16.3 Å². The first-order chi connectivity index (χ1) is 14.5. The van der Waals surface area contributed by atoms with Crippen molar-refractivity contribution in [3.63, 3.8) is 0 Å². The van der Waals surface area contributed by atoms with Gasteiger partial charge in [-0.25, -0.2) is 4.98 Å². The van der Waals surface area contributed by atoms with Gasteiger partial charge in [-0.2, -0.15) is 0 Å². The molecular weight excluding hydrogens is 428 g/mol. The summed E-state index contributed by atoms with van der Waals surface area (Å²) in [6, 6.07) is 6.82. The van der Waals surface area contributed by atoms with Crippen molar-refractivity contribution < 1.29 is 14.3 Å². The molecule has 1 atom stereocenters. The fraction of sp³-hybridized carbons (Fsp3) is 0.300. The van der Waals surface area contributed by atoms with Crippen molar-refractivity contribution in [2.75, 3.05) is 25.1 Å². The molecule has 0 saturated carbocycles. The molecule has 1 saturated heterocycles. The number of carbonyl (C=O) groups is 2. The number of benzene rings is 1. The predicted molar refractivity (Wildman–Crippen MR) is 115 cm³/mol. The number of methoxy groups -OCH3 is 1. The van der Waals surface area contributed by atoms with Crippen molar-refractivity contribution in [1.29, 1.82) is 0 Å². The number of amides is 2. The summed E-state index contributed by atoms with van der Waals surface area (Å²) in [5.74, 6) is -0.371. The largest absolute Gasteiger partial charge is 0.495 e. The van der Waals surface area contributed by atoms with Gasteiger partial charge in [-0.3, -0.25) is 19.0 Å². The third-order valence-corrected chi connectivity index (χ3v) is 6.14. The Hall–Kier alpha value is -2.91. The summed E-state index contributed by atoms with van der Waals surface area (Å²) in [7, 11) is 1.52. The summed E-state index contributed by atoms with van der Waals surface area (Å²) in [6.07, 6.45) is 1.58. The van der Waals surface area contributed by atoms with Crippen LogP contribution in [0.2, 0.25) is 5.02 Å². The number of nitrogens with one attached hydrogen (secondary N) is 1. The van der Waals surface area contributed by atoms with Gasteiger partial charge in [0.2, 0.25) is 11.8 Å². The summed E-state index contributed by atoms with van der Waals surface area (Å²) in [5.41, 5.74) is 1.10. The van der Waals surface area contributed by atoms with Gasteiger partial charge in [0.15, 0.2) is 0 Å². The minimum atomic E-state index is -0.490. The number of nitrogens with zero attached hydrogens (tertiary/aromatic N) is 3. The van der Waals surface area contributed by atoms with Crippen LogP contribution in [0.25, 0.3) is 10.2 Å². The highest BCUT2D eigenvalue weighted by Crippen LogP contribution is 2.35. The lowest BCUT2D eigenvalue weighted by atomic mass is 10.1. The molecule has 10 heteroatoms. The highest BCUT2D eigenvalue weighted by Gasteiger charge is 2.36. The molecule has 4 rings (SSSR count). The molecule has 30 heavy (non-hydrogen) atoms. The molecule has 3 aromatic rings. The van der Waals surface area contributed by atoms with Gasteiger partial charge in [0.1, 0.15) is 10.4 Å². The lowest BCUT2D eigenvalue weighted by molar-refractivity contribution is -0.126. The summed E-state index contributed by atoms with van der Waals surface area (Å²) in [5, 5.41) is 5.12. The molecule has 1 fully saturated rings. The Kier molecular flexibility index (Phi) is 5.74. The molecule has 8 nitrogen and oxygen atoms in total. The third-order valence-electron chi connectivity index (χ3n) is 5.02. The van der Waals surface area contributed by atoms with Gasteiger partial charge in [0, 0.05) is 31.1 Å². The number of fused-ring (bicyclic) bond motifs is 1. The topological polar surface area (TPSA) is 93.5 Å². The molecular formula is C20H19ClN4O4S. The van der Waals surface area contributed by atoms with Crippen LogP contribution in [0, 0.1) is 5.92 Å². The zero-order valence-electron chi connectivity index (χ0n) is 16.1. The molecule has 0 bridgehead atoms. The summed E-state index contributed by atoms with van der Waals surface area (Å²) < 4.78 is 7.38. The Balaban J connectivity index is 1.39. The number of halogens is 1. The van der Waals surface area contributed by atoms with E-state index in [-0.39, 0.29) is 36.9 Å². The fourth-order valence-electron chi connectivity index (χ4n) is 3.47. The van der Waals surface area contributed by atoms with Gasteiger partial charge < -0.3 is 15.0 Å². The van der Waals surface area contributed by atoms with E-state index in [1.165, 1.54) is 34.2 Å². The number of rotatable bonds is 6. The lowest BCUT2D eigenvalue weighted by Crippen LogP contribution is -2.36. The molecule has 1 aliphatic rings. The number of hydrogen-bond donors (Lipinski definition) is 1. The van der Waals surface area contributed by atoms with Crippen molar-refractivity contribution in [1.82, 2.24) is 14.9 Å². The van der Waals surface area contributed by atoms with Gasteiger partial charge in [-0.05, 0) is 29.6 Å². The van der Waals surface area contributed by atoms with Gasteiger partial charge in [-0.15, -0.1) is 11.3 Å². The van der Waals surface area contributed by atoms with Crippen molar-refractivity contribution in [3.05, 3.63) is 51.3 Å². The van der Waals surface area contributed by atoms with Crippen LogP contribution in [0.4, 0.5) is 5.69 Å². The van der Waals surface area contributed by atoms with E-state index < -0.39 is 5.92 Å². The molecule has 3 heterocycles. The van der Waals surface area contributed by atoms with Crippen molar-refractivity contribution in [2.45, 2.75) is 13.0 Å². The van der Waals surface area contributed by atoms with Crippen LogP contribution in [0.15, 0.2) is 40.8 Å². The zero-order chi connectivity index (χ0) is 21.3. The van der Waals surface area contributed by atoms with Crippen LogP contribution < -0.4 is 20.5 Å². The SMILES string of the molecule is COc1ccc(Cl)cc1N1CC(C(=O)NCCn2cnc3ccsc3c2=O)CC1=O. The summed E-state index contributed by atoms with van der Waals surface area (Å²) in [6.45, 7) is 0.810. The van der Waals surface area contributed by atoms with E-state index in [0.29, 0.717) is 33.2 Å². The minimum absolute atomic E-state index is 0.101. The number of aromatic nitrogens is 2. The Morgan fingerprint density at radius 2 is 2.20 bits per heavy atom. The van der Waals surface area contributed by atoms with E-state index in [9.17, 15) is 14.4 Å². The zero-order valence-corrected chi connectivity index (χ0v) is 17.7. The van der Waals surface area contributed by atoms with Crippen LogP contribution >= 0.6 is 22.9 Å². The number of carbonyl (C=O) groups excluding carboxylic acids is 2. The Morgan fingerprint density at radius 3 is 3.00 bits per heavy atom. The predicted octanol–water partition coefficient (Wildman–Crippen LogP) is 2.29. The standard InChI is InChI=1S/C20H19ClN4O4S/c1-29-16-3-2-13(21)9-15(16)25-10-12(8-17(25)26)19(27)22-5-6-24-11-23-14-4-7-30-18(14)20(24)28/h2-4,7,9,11-12H,5-6,8,10H2,1H3,(H,22,27). The molecule has 156 valence electrons. The molecule has 0 aliphatic carbocycles. The Bertz CT molecular complexity index is 1180. The molecule has 1 aromatic carbocycles. The van der Waals surface area contributed by atoms with Gasteiger partial charge in [-0.1, -0.05) is 11.6 Å². The highest BCUT2D eigenvalue weighted by atomic mass is 35.5. The minimum Gasteiger partial charge on any atom is -0.495 e. The first-order valence-corrected chi connectivity index (χ1v) is 10.6. The second-order valence-electron chi connectivity index (χ2n) is 6.89. The second-order valence-corrected chi connectivity index (χ2v) is 8.24. The van der Waals surface area contributed by atoms with Gasteiger partial charge in [0.05, 0.1) is 30.6 Å². The maximum atomic E-state index is 12.6. The van der Waals surface area contributed by atoms with E-state index in [1.54, 1.807) is 24.3 Å². The number of thiophene rings is 1. The quantitative estimate of drug-likeness (QED) is 0.627. The third kappa shape index (κ3) is 3.90. The average molecular weight is 447 g/mol. The van der Waals surface area contributed by atoms with Crippen LogP contribution in [0.1, 0.15) is 6.42 Å². The number of anilines is 1. The second kappa shape index (κ2) is 8.45. The Morgan fingerprint density at radius 1 is 1.37 bits per heavy atom. The number of hydrogen-bond acceptors (Lipinski definition) is 6. The summed E-state index contributed by atoms with van der Waals surface area (Å²) >= 11 is 7.41. The van der Waals surface area contributed by atoms with Gasteiger partial charge in [0.25, 0.3) is 5.56 Å². The monoisotopic (exact) mass is 446 g/mol. The van der Waals surface area contributed by atoms with Crippen LogP contribution in [0.3, 0.4) is 0 Å². The molecule has 1 aliphatic heterocycles. The first kappa shape index (κ1) is 20.4. The molecule has 0 radical (unpaired) electrons. The van der Waals surface area contributed by atoms with Gasteiger partial charge >= 0.3 is 0 Å². The molecule has 0 spiro atoms. The lowest BCUT2D eigenvalue weighted by Gasteiger charge is -2.20. The fourth-order valence-corrected chi connectivity index (χ4v) is 4.43. The Labute approximate surface area is 181 Å². The maximum Gasteiger partial charge on any atom is 0.271 e. The highest BCUT2D eigenvalue weighted by molar-refractivity contribution is 7.17. The number of ether oxygens (including phenoxy) is 1. The maximum absolute atomic E-state index is 12.6. The van der Waals surface area contributed by atoms with Crippen LogP contribution in [-0.4, -0.2) is 41.6 Å². The molecule has 2 amide bonds. The average Bonchev–Trinajstić information content (AvgIpc) is 3.36. The summed E-state index contributed by atoms with van der Waals surface area (Å²) in [4.78, 5) is 43.3. The van der Waals surface area contributed by atoms with Crippen molar-refractivity contribution in [2.24, 2.45) is 5.92 Å². The van der Waals surface area contributed by atoms with Crippen LogP contribution in [0.5, 0.6) is 5.75 Å². The van der Waals surface area contributed by atoms with E-state index in [2.05, 4.69) is 10.3 Å². The van der Waals surface area contributed by atoms with Crippen LogP contribution in [-0.2, 0) is 16.1 Å². The first-order valence-electron chi connectivity index (χ1n) is 9.32. The molecule has 1 N–H and O–H groups in total. The van der Waals surface area contributed by atoms with Crippen molar-refractivity contribution >= 4 is 50.7 Å². The molecule has 2 aromatic heterocycles. The van der Waals surface area contributed by atoms with E-state index >= 15 is 0 Å².